The van der Waals surface area contributed by atoms with E-state index in [9.17, 15) is 17.6 Å². The van der Waals surface area contributed by atoms with Crippen molar-refractivity contribution in [2.75, 3.05) is 18.5 Å². The van der Waals surface area contributed by atoms with E-state index in [1.807, 2.05) is 0 Å². The van der Waals surface area contributed by atoms with E-state index in [4.69, 9.17) is 0 Å². The number of alkyl halides is 3. The topological polar surface area (TPSA) is 16.1 Å². The van der Waals surface area contributed by atoms with E-state index in [0.717, 1.165) is 13.1 Å². The van der Waals surface area contributed by atoms with Crippen molar-refractivity contribution in [1.29, 1.82) is 0 Å². The van der Waals surface area contributed by atoms with Gasteiger partial charge in [0.15, 0.2) is 11.6 Å². The van der Waals surface area contributed by atoms with Crippen molar-refractivity contribution < 1.29 is 17.6 Å². The van der Waals surface area contributed by atoms with E-state index >= 15 is 0 Å². The van der Waals surface area contributed by atoms with Gasteiger partial charge in [0.2, 0.25) is 0 Å². The predicted molar refractivity (Wildman–Crippen MR) is 51.2 cm³/mol. The molecule has 0 radical (unpaired) electrons. The molecule has 0 aliphatic rings. The van der Waals surface area contributed by atoms with Crippen molar-refractivity contribution in [2.24, 2.45) is 0 Å². The summed E-state index contributed by atoms with van der Waals surface area (Å²) < 4.78 is 49.6. The van der Waals surface area contributed by atoms with Crippen LogP contribution in [0.3, 0.4) is 0 Å². The molecule has 1 heterocycles. The Morgan fingerprint density at radius 3 is 2.53 bits per heavy atom. The van der Waals surface area contributed by atoms with Crippen LogP contribution in [0.15, 0.2) is 16.7 Å². The Hall–Kier alpha value is -0.850. The van der Waals surface area contributed by atoms with Crippen LogP contribution < -0.4 is 4.90 Å². The summed E-state index contributed by atoms with van der Waals surface area (Å²) in [5, 5.41) is 0. The second-order valence-electron chi connectivity index (χ2n) is 2.93. The fourth-order valence-electron chi connectivity index (χ4n) is 1.03. The molecule has 0 aliphatic heterocycles. The van der Waals surface area contributed by atoms with Gasteiger partial charge in [-0.1, -0.05) is 0 Å². The fraction of sp³-hybridized carbons (Fsp3) is 0.375. The monoisotopic (exact) mass is 286 g/mol. The molecule has 0 fully saturated rings. The zero-order valence-corrected chi connectivity index (χ0v) is 9.23. The fourth-order valence-corrected chi connectivity index (χ4v) is 1.34. The number of anilines is 1. The van der Waals surface area contributed by atoms with Gasteiger partial charge in [-0.25, -0.2) is 9.37 Å². The smallest absolute Gasteiger partial charge is 0.348 e. The largest absolute Gasteiger partial charge is 0.405 e. The molecule has 0 spiro atoms. The molecular weight excluding hydrogens is 280 g/mol. The van der Waals surface area contributed by atoms with E-state index in [-0.39, 0.29) is 5.82 Å². The molecule has 0 aliphatic carbocycles. The molecule has 15 heavy (non-hydrogen) atoms. The number of hydrogen-bond acceptors (Lipinski definition) is 2. The summed E-state index contributed by atoms with van der Waals surface area (Å²) >= 11 is 2.96. The highest BCUT2D eigenvalue weighted by atomic mass is 79.9. The van der Waals surface area contributed by atoms with Gasteiger partial charge in [-0.15, -0.1) is 0 Å². The molecule has 84 valence electrons. The zero-order valence-electron chi connectivity index (χ0n) is 7.65. The Labute approximate surface area is 92.0 Å². The molecule has 2 nitrogen and oxygen atoms in total. The van der Waals surface area contributed by atoms with Gasteiger partial charge >= 0.3 is 6.18 Å². The minimum absolute atomic E-state index is 0.324. The van der Waals surface area contributed by atoms with Gasteiger partial charge in [0, 0.05) is 17.7 Å². The van der Waals surface area contributed by atoms with Gasteiger partial charge in [0.1, 0.15) is 6.54 Å². The van der Waals surface area contributed by atoms with Crippen LogP contribution in [-0.4, -0.2) is 24.8 Å². The van der Waals surface area contributed by atoms with Crippen molar-refractivity contribution in [3.63, 3.8) is 0 Å². The van der Waals surface area contributed by atoms with Gasteiger partial charge in [-0.3, -0.25) is 0 Å². The van der Waals surface area contributed by atoms with E-state index in [1.165, 1.54) is 6.20 Å². The van der Waals surface area contributed by atoms with E-state index in [1.54, 1.807) is 0 Å². The quantitative estimate of drug-likeness (QED) is 0.777. The third-order valence-electron chi connectivity index (χ3n) is 1.57. The SMILES string of the molecule is CN(CC(F)(F)F)c1ncc(Br)cc1F. The Kier molecular flexibility index (Phi) is 3.54. The van der Waals surface area contributed by atoms with Crippen LogP contribution in [-0.2, 0) is 0 Å². The highest BCUT2D eigenvalue weighted by molar-refractivity contribution is 9.10. The maximum absolute atomic E-state index is 13.2. The lowest BCUT2D eigenvalue weighted by molar-refractivity contribution is -0.119. The summed E-state index contributed by atoms with van der Waals surface area (Å²) in [5.74, 6) is -1.12. The molecule has 0 saturated carbocycles. The number of rotatable bonds is 2. The van der Waals surface area contributed by atoms with Gasteiger partial charge < -0.3 is 4.90 Å². The molecule has 0 bridgehead atoms. The van der Waals surface area contributed by atoms with Crippen LogP contribution in [0.4, 0.5) is 23.4 Å². The lowest BCUT2D eigenvalue weighted by Crippen LogP contribution is -2.32. The molecule has 0 unspecified atom stereocenters. The Morgan fingerprint density at radius 1 is 1.47 bits per heavy atom. The van der Waals surface area contributed by atoms with Crippen molar-refractivity contribution in [3.8, 4) is 0 Å². The van der Waals surface area contributed by atoms with Crippen LogP contribution in [0.1, 0.15) is 0 Å². The highest BCUT2D eigenvalue weighted by Crippen LogP contribution is 2.23. The summed E-state index contributed by atoms with van der Waals surface area (Å²) in [6.45, 7) is -1.24. The maximum atomic E-state index is 13.2. The second kappa shape index (κ2) is 4.34. The van der Waals surface area contributed by atoms with Crippen LogP contribution in [0, 0.1) is 5.82 Å². The summed E-state index contributed by atoms with van der Waals surface area (Å²) in [4.78, 5) is 4.28. The summed E-state index contributed by atoms with van der Waals surface area (Å²) in [5.41, 5.74) is 0. The normalized spacial score (nSPS) is 11.6. The molecule has 1 aromatic heterocycles. The van der Waals surface area contributed by atoms with E-state index in [0.29, 0.717) is 9.37 Å². The van der Waals surface area contributed by atoms with Crippen molar-refractivity contribution >= 4 is 21.7 Å². The summed E-state index contributed by atoms with van der Waals surface area (Å²) in [6.07, 6.45) is -3.14. The van der Waals surface area contributed by atoms with Crippen molar-refractivity contribution in [2.45, 2.75) is 6.18 Å². The standard InChI is InChI=1S/C8H7BrF4N2/c1-15(4-8(11,12)13)7-6(10)2-5(9)3-14-7/h2-3H,4H2,1H3. The lowest BCUT2D eigenvalue weighted by atomic mass is 10.4. The number of pyridine rings is 1. The summed E-state index contributed by atoms with van der Waals surface area (Å²) in [7, 11) is 1.13. The first-order chi connectivity index (χ1) is 6.79. The van der Waals surface area contributed by atoms with Crippen molar-refractivity contribution in [3.05, 3.63) is 22.6 Å². The van der Waals surface area contributed by atoms with Gasteiger partial charge in [-0.2, -0.15) is 13.2 Å². The average Bonchev–Trinajstić information content (AvgIpc) is 1.99. The molecule has 1 rings (SSSR count). The van der Waals surface area contributed by atoms with Crippen LogP contribution in [0.5, 0.6) is 0 Å². The number of halogens is 5. The van der Waals surface area contributed by atoms with Crippen LogP contribution in [0.25, 0.3) is 0 Å². The number of hydrogen-bond donors (Lipinski definition) is 0. The highest BCUT2D eigenvalue weighted by Gasteiger charge is 2.30. The number of aromatic nitrogens is 1. The third-order valence-corrected chi connectivity index (χ3v) is 2.00. The van der Waals surface area contributed by atoms with Crippen LogP contribution >= 0.6 is 15.9 Å². The minimum Gasteiger partial charge on any atom is -0.348 e. The van der Waals surface area contributed by atoms with Gasteiger partial charge in [-0.05, 0) is 22.0 Å². The van der Waals surface area contributed by atoms with E-state index < -0.39 is 18.5 Å². The average molecular weight is 287 g/mol. The predicted octanol–water partition coefficient (Wildman–Crippen LogP) is 2.98. The molecule has 1 aromatic rings. The Morgan fingerprint density at radius 2 is 2.07 bits per heavy atom. The third kappa shape index (κ3) is 3.65. The van der Waals surface area contributed by atoms with Gasteiger partial charge in [0.05, 0.1) is 0 Å². The van der Waals surface area contributed by atoms with Gasteiger partial charge in [0.25, 0.3) is 0 Å². The van der Waals surface area contributed by atoms with E-state index in [2.05, 4.69) is 20.9 Å². The summed E-state index contributed by atoms with van der Waals surface area (Å²) in [6, 6.07) is 1.06. The second-order valence-corrected chi connectivity index (χ2v) is 3.85. The Balaban J connectivity index is 2.87. The van der Waals surface area contributed by atoms with Crippen molar-refractivity contribution in [1.82, 2.24) is 4.98 Å². The lowest BCUT2D eigenvalue weighted by Gasteiger charge is -2.20. The minimum atomic E-state index is -4.38. The maximum Gasteiger partial charge on any atom is 0.405 e. The molecule has 0 aromatic carbocycles. The molecular formula is C8H7BrF4N2. The molecule has 7 heteroatoms. The van der Waals surface area contributed by atoms with Crippen LogP contribution in [0.2, 0.25) is 0 Å². The first kappa shape index (κ1) is 12.2. The first-order valence-electron chi connectivity index (χ1n) is 3.88. The number of nitrogens with zero attached hydrogens (tertiary/aromatic N) is 2. The first-order valence-corrected chi connectivity index (χ1v) is 4.68. The molecule has 0 N–H and O–H groups in total. The molecule has 0 amide bonds. The molecule has 0 atom stereocenters. The molecule has 0 saturated heterocycles. The Bertz CT molecular complexity index is 353. The zero-order chi connectivity index (χ0) is 11.6.